The smallest absolute Gasteiger partial charge is 0.258 e. The van der Waals surface area contributed by atoms with Crippen LogP contribution in [0.15, 0.2) is 16.2 Å². The van der Waals surface area contributed by atoms with Crippen LogP contribution in [-0.4, -0.2) is 65.9 Å². The van der Waals surface area contributed by atoms with E-state index in [9.17, 15) is 10.2 Å². The van der Waals surface area contributed by atoms with Gasteiger partial charge < -0.3 is 24.2 Å². The van der Waals surface area contributed by atoms with Gasteiger partial charge in [0.05, 0.1) is 37.5 Å². The molecule has 26 heavy (non-hydrogen) atoms. The fourth-order valence-corrected chi connectivity index (χ4v) is 5.15. The number of nitrogens with zero attached hydrogens (tertiary/aromatic N) is 2. The van der Waals surface area contributed by atoms with E-state index in [2.05, 4.69) is 17.0 Å². The van der Waals surface area contributed by atoms with E-state index in [0.29, 0.717) is 12.5 Å². The van der Waals surface area contributed by atoms with Crippen molar-refractivity contribution in [1.29, 1.82) is 0 Å². The number of hydrogen-bond acceptors (Lipinski definition) is 7. The van der Waals surface area contributed by atoms with Crippen molar-refractivity contribution in [1.82, 2.24) is 10.1 Å². The van der Waals surface area contributed by atoms with Crippen molar-refractivity contribution in [2.24, 2.45) is 5.92 Å². The quantitative estimate of drug-likeness (QED) is 0.561. The second-order valence-corrected chi connectivity index (χ2v) is 7.75. The molecule has 1 spiro atoms. The van der Waals surface area contributed by atoms with E-state index in [0.717, 1.165) is 36.2 Å². The fraction of sp³-hybridized carbons (Fsp3) is 0.737. The fourth-order valence-electron chi connectivity index (χ4n) is 5.15. The third kappa shape index (κ3) is 2.30. The maximum atomic E-state index is 10.3. The highest BCUT2D eigenvalue weighted by Crippen LogP contribution is 2.64. The van der Waals surface area contributed by atoms with Crippen LogP contribution in [0.4, 0.5) is 0 Å². The molecule has 3 aliphatic rings. The number of aromatic nitrogens is 1. The summed E-state index contributed by atoms with van der Waals surface area (Å²) in [4.78, 5) is 2.11. The zero-order valence-electron chi connectivity index (χ0n) is 15.6. The first kappa shape index (κ1) is 18.0. The van der Waals surface area contributed by atoms with Gasteiger partial charge in [0.25, 0.3) is 5.88 Å². The Morgan fingerprint density at radius 3 is 2.85 bits per heavy atom. The Kier molecular flexibility index (Phi) is 4.59. The molecule has 1 aromatic heterocycles. The van der Waals surface area contributed by atoms with Gasteiger partial charge in [0.2, 0.25) is 0 Å². The van der Waals surface area contributed by atoms with Crippen molar-refractivity contribution in [2.45, 2.75) is 49.9 Å². The number of unbranched alkanes of at least 4 members (excludes halogenated alkanes) is 1. The maximum absolute atomic E-state index is 10.3. The molecule has 1 aromatic rings. The summed E-state index contributed by atoms with van der Waals surface area (Å²) in [5, 5.41) is 24.5. The molecule has 1 saturated heterocycles. The van der Waals surface area contributed by atoms with Gasteiger partial charge >= 0.3 is 0 Å². The van der Waals surface area contributed by atoms with E-state index in [1.54, 1.807) is 0 Å². The highest BCUT2D eigenvalue weighted by molar-refractivity contribution is 5.49. The Bertz CT molecular complexity index is 700. The molecule has 5 atom stereocenters. The van der Waals surface area contributed by atoms with Gasteiger partial charge in [-0.3, -0.25) is 4.90 Å². The van der Waals surface area contributed by atoms with Gasteiger partial charge in [-0.05, 0) is 37.7 Å². The molecular weight excluding hydrogens is 336 g/mol. The first-order valence-electron chi connectivity index (χ1n) is 9.47. The van der Waals surface area contributed by atoms with Gasteiger partial charge in [-0.1, -0.05) is 19.4 Å². The molecule has 0 amide bonds. The SMILES string of the molecule is CCCCOc1noc2c1C(CO)[C@@]13O[C@@H](C=C1CO)C[C@H]3[C@@H]2N(C)C. The maximum Gasteiger partial charge on any atom is 0.258 e. The lowest BCUT2D eigenvalue weighted by atomic mass is 9.61. The second kappa shape index (κ2) is 6.64. The van der Waals surface area contributed by atoms with Crippen molar-refractivity contribution >= 4 is 0 Å². The normalized spacial score (nSPS) is 34.8. The van der Waals surface area contributed by atoms with Crippen LogP contribution < -0.4 is 4.74 Å². The van der Waals surface area contributed by atoms with E-state index in [4.69, 9.17) is 14.0 Å². The number of aliphatic hydroxyl groups is 2. The Morgan fingerprint density at radius 1 is 1.38 bits per heavy atom. The van der Waals surface area contributed by atoms with E-state index in [1.807, 2.05) is 20.2 Å². The highest BCUT2D eigenvalue weighted by atomic mass is 16.5. The molecule has 1 aliphatic carbocycles. The molecule has 0 aromatic carbocycles. The predicted molar refractivity (Wildman–Crippen MR) is 94.0 cm³/mol. The van der Waals surface area contributed by atoms with Crippen molar-refractivity contribution < 1.29 is 24.2 Å². The van der Waals surface area contributed by atoms with Crippen molar-refractivity contribution in [3.8, 4) is 5.88 Å². The van der Waals surface area contributed by atoms with Crippen LogP contribution in [0, 0.1) is 5.92 Å². The molecule has 1 fully saturated rings. The number of rotatable bonds is 7. The van der Waals surface area contributed by atoms with E-state index >= 15 is 0 Å². The molecule has 2 aliphatic heterocycles. The van der Waals surface area contributed by atoms with Gasteiger partial charge in [-0.15, -0.1) is 0 Å². The summed E-state index contributed by atoms with van der Waals surface area (Å²) in [6, 6.07) is -0.0379. The summed E-state index contributed by atoms with van der Waals surface area (Å²) in [5.74, 6) is 0.941. The van der Waals surface area contributed by atoms with Gasteiger partial charge in [-0.25, -0.2) is 0 Å². The molecule has 1 unspecified atom stereocenters. The molecule has 4 rings (SSSR count). The molecule has 2 N–H and O–H groups in total. The zero-order valence-corrected chi connectivity index (χ0v) is 15.6. The van der Waals surface area contributed by atoms with Crippen LogP contribution in [0.5, 0.6) is 5.88 Å². The Morgan fingerprint density at radius 2 is 2.19 bits per heavy atom. The minimum Gasteiger partial charge on any atom is -0.475 e. The van der Waals surface area contributed by atoms with Crippen LogP contribution in [0.25, 0.3) is 0 Å². The molecule has 144 valence electrons. The number of ether oxygens (including phenoxy) is 2. The highest BCUT2D eigenvalue weighted by Gasteiger charge is 2.66. The Balaban J connectivity index is 1.83. The molecule has 7 heteroatoms. The first-order valence-corrected chi connectivity index (χ1v) is 9.47. The van der Waals surface area contributed by atoms with Crippen molar-refractivity contribution in [2.75, 3.05) is 33.9 Å². The third-order valence-corrected chi connectivity index (χ3v) is 6.16. The summed E-state index contributed by atoms with van der Waals surface area (Å²) in [7, 11) is 4.02. The minimum atomic E-state index is -0.718. The third-order valence-electron chi connectivity index (χ3n) is 6.16. The number of hydrogen-bond donors (Lipinski definition) is 2. The van der Waals surface area contributed by atoms with Gasteiger partial charge in [0.15, 0.2) is 5.76 Å². The van der Waals surface area contributed by atoms with Crippen molar-refractivity contribution in [3.63, 3.8) is 0 Å². The van der Waals surface area contributed by atoms with Crippen LogP contribution in [0.3, 0.4) is 0 Å². The first-order chi connectivity index (χ1) is 12.6. The van der Waals surface area contributed by atoms with Crippen molar-refractivity contribution in [3.05, 3.63) is 23.0 Å². The van der Waals surface area contributed by atoms with E-state index in [-0.39, 0.29) is 37.2 Å². The average molecular weight is 364 g/mol. The zero-order chi connectivity index (χ0) is 18.5. The summed E-state index contributed by atoms with van der Waals surface area (Å²) >= 11 is 0. The lowest BCUT2D eigenvalue weighted by Gasteiger charge is -2.48. The van der Waals surface area contributed by atoms with E-state index < -0.39 is 5.60 Å². The van der Waals surface area contributed by atoms with Gasteiger partial charge in [0.1, 0.15) is 5.60 Å². The molecule has 7 nitrogen and oxygen atoms in total. The van der Waals surface area contributed by atoms with E-state index in [1.165, 1.54) is 0 Å². The molecule has 3 heterocycles. The Labute approximate surface area is 153 Å². The largest absolute Gasteiger partial charge is 0.475 e. The summed E-state index contributed by atoms with van der Waals surface area (Å²) in [5.41, 5.74) is 0.932. The van der Waals surface area contributed by atoms with Gasteiger partial charge in [0, 0.05) is 11.8 Å². The second-order valence-electron chi connectivity index (χ2n) is 7.75. The van der Waals surface area contributed by atoms with Crippen LogP contribution in [0.2, 0.25) is 0 Å². The molecule has 0 saturated carbocycles. The summed E-state index contributed by atoms with van der Waals surface area (Å²) in [6.07, 6.45) is 4.78. The molecule has 0 radical (unpaired) electrons. The number of aliphatic hydroxyl groups excluding tert-OH is 2. The minimum absolute atomic E-state index is 0.0277. The average Bonchev–Trinajstić information content (AvgIpc) is 3.29. The van der Waals surface area contributed by atoms with Crippen LogP contribution in [-0.2, 0) is 4.74 Å². The Hall–Kier alpha value is -1.41. The van der Waals surface area contributed by atoms with Crippen LogP contribution in [0.1, 0.15) is 49.5 Å². The van der Waals surface area contributed by atoms with Gasteiger partial charge in [-0.2, -0.15) is 0 Å². The molecule has 2 bridgehead atoms. The monoisotopic (exact) mass is 364 g/mol. The standard InChI is InChI=1S/C19H28N2O5/c1-4-5-6-24-18-15-14(10-23)19-11(9-22)7-12(25-19)8-13(19)16(21(2)3)17(15)26-20-18/h7,12-14,16,22-23H,4-6,8-10H2,1-3H3/t12-,13-,14?,16-,19+/m0/s1. The summed E-state index contributed by atoms with van der Waals surface area (Å²) < 4.78 is 18.0. The predicted octanol–water partition coefficient (Wildman–Crippen LogP) is 1.62. The summed E-state index contributed by atoms with van der Waals surface area (Å²) in [6.45, 7) is 2.48. The lowest BCUT2D eigenvalue weighted by molar-refractivity contribution is -0.0630. The molecular formula is C19H28N2O5. The lowest BCUT2D eigenvalue weighted by Crippen LogP contribution is -2.53. The number of fused-ring (bicyclic) bond motifs is 2. The topological polar surface area (TPSA) is 88.2 Å². The van der Waals surface area contributed by atoms with Crippen LogP contribution >= 0.6 is 0 Å².